The Hall–Kier alpha value is -6.50. The Labute approximate surface area is 297 Å². The number of nitrogens with zero attached hydrogens (tertiary/aromatic N) is 4. The Morgan fingerprint density at radius 3 is 1.85 bits per heavy atom. The van der Waals surface area contributed by atoms with Crippen LogP contribution in [0.15, 0.2) is 100 Å². The molecule has 0 saturated heterocycles. The van der Waals surface area contributed by atoms with Gasteiger partial charge in [-0.1, -0.05) is 42.8 Å². The summed E-state index contributed by atoms with van der Waals surface area (Å²) in [5, 5.41) is 40.1. The van der Waals surface area contributed by atoms with Crippen molar-refractivity contribution < 1.29 is 35.1 Å². The lowest BCUT2D eigenvalue weighted by Gasteiger charge is -2.29. The van der Waals surface area contributed by atoms with Gasteiger partial charge < -0.3 is 0 Å². The highest BCUT2D eigenvalue weighted by Crippen LogP contribution is 2.55. The Morgan fingerprint density at radius 1 is 0.660 bits per heavy atom. The molecule has 0 aliphatic heterocycles. The number of halogens is 8. The molecule has 0 N–H and O–H groups in total. The van der Waals surface area contributed by atoms with E-state index in [1.807, 2.05) is 24.3 Å². The molecule has 0 saturated carbocycles. The lowest BCUT2D eigenvalue weighted by Crippen LogP contribution is -2.24. The van der Waals surface area contributed by atoms with Gasteiger partial charge in [0.05, 0.1) is 11.1 Å². The van der Waals surface area contributed by atoms with Crippen molar-refractivity contribution in [2.45, 2.75) is 32.1 Å². The third-order valence-corrected chi connectivity index (χ3v) is 10.1. The van der Waals surface area contributed by atoms with Crippen LogP contribution in [-0.2, 0) is 6.18 Å². The molecule has 4 nitrogen and oxygen atoms in total. The molecule has 0 spiro atoms. The van der Waals surface area contributed by atoms with Gasteiger partial charge in [0.25, 0.3) is 0 Å². The minimum atomic E-state index is -4.90. The van der Waals surface area contributed by atoms with E-state index >= 15 is 0 Å². The van der Waals surface area contributed by atoms with Crippen LogP contribution in [0.25, 0.3) is 39.0 Å². The van der Waals surface area contributed by atoms with Gasteiger partial charge in [0.2, 0.25) is 0 Å². The minimum absolute atomic E-state index is 0.0549. The van der Waals surface area contributed by atoms with E-state index < -0.39 is 47.0 Å². The topological polar surface area (TPSA) is 95.2 Å². The second-order valence-electron chi connectivity index (χ2n) is 13.0. The number of hydrogen-bond acceptors (Lipinski definition) is 4. The molecule has 53 heavy (non-hydrogen) atoms. The molecule has 0 heterocycles. The second-order valence-corrected chi connectivity index (χ2v) is 13.0. The standard InChI is InChI=1S/C41H20F8N4/c1-19-8-23(12-36(43)39(19)41(47,48)49)21-3-6-27-29-13-28-26-5-2-20(22-4-7-34(35(42)11-22)40(44,45)46)9-30(26)37(24(15-50)16-51)32(28)14-33(29)38(31(27)10-21)25(17-52)18-53/h2-7,9,11-14,19,21H,8,10H2,1H3. The van der Waals surface area contributed by atoms with E-state index in [-0.39, 0.29) is 40.7 Å². The molecule has 12 heteroatoms. The Bertz CT molecular complexity index is 2530. The number of alkyl halides is 6. The predicted octanol–water partition coefficient (Wildman–Crippen LogP) is 11.2. The number of nitriles is 4. The van der Waals surface area contributed by atoms with Gasteiger partial charge in [-0.05, 0) is 111 Å². The largest absolute Gasteiger partial charge is 0.419 e. The molecule has 3 aromatic rings. The Morgan fingerprint density at radius 2 is 1.25 bits per heavy atom. The van der Waals surface area contributed by atoms with Gasteiger partial charge in [-0.15, -0.1) is 0 Å². The van der Waals surface area contributed by atoms with Crippen molar-refractivity contribution in [3.8, 4) is 46.5 Å². The highest BCUT2D eigenvalue weighted by atomic mass is 19.4. The van der Waals surface area contributed by atoms with E-state index in [1.54, 1.807) is 42.5 Å². The average Bonchev–Trinajstić information content (AvgIpc) is 3.58. The first-order valence-corrected chi connectivity index (χ1v) is 16.0. The molecule has 2 atom stereocenters. The van der Waals surface area contributed by atoms with Crippen LogP contribution in [0.3, 0.4) is 0 Å². The summed E-state index contributed by atoms with van der Waals surface area (Å²) in [4.78, 5) is 0. The normalized spacial score (nSPS) is 18.6. The van der Waals surface area contributed by atoms with Crippen LogP contribution in [0.4, 0.5) is 35.1 Å². The third-order valence-electron chi connectivity index (χ3n) is 10.1. The van der Waals surface area contributed by atoms with Gasteiger partial charge >= 0.3 is 12.4 Å². The second kappa shape index (κ2) is 12.3. The molecule has 0 aromatic heterocycles. The monoisotopic (exact) mass is 720 g/mol. The molecule has 0 fully saturated rings. The van der Waals surface area contributed by atoms with Crippen LogP contribution in [0.2, 0.25) is 0 Å². The summed E-state index contributed by atoms with van der Waals surface area (Å²) >= 11 is 0. The number of benzene rings is 3. The number of hydrogen-bond donors (Lipinski definition) is 0. The van der Waals surface area contributed by atoms with Gasteiger partial charge in [0.15, 0.2) is 0 Å². The summed E-state index contributed by atoms with van der Waals surface area (Å²) in [5.74, 6) is -4.50. The molecule has 4 aliphatic carbocycles. The summed E-state index contributed by atoms with van der Waals surface area (Å²) in [7, 11) is 0. The maximum absolute atomic E-state index is 14.9. The SMILES string of the molecule is CC1CC(C2C=CC3=C(C2)C(=C(C#N)C#N)c2cc4c(cc23)-c2ccc(-c3ccc(C(F)(F)F)c(F)c3)cc2C4=C(C#N)C#N)=CC(F)=C1C(F)(F)F. The smallest absolute Gasteiger partial charge is 0.207 e. The summed E-state index contributed by atoms with van der Waals surface area (Å²) in [6, 6.07) is 18.3. The fourth-order valence-electron chi connectivity index (χ4n) is 7.80. The van der Waals surface area contributed by atoms with Crippen LogP contribution in [0, 0.1) is 63.0 Å². The van der Waals surface area contributed by atoms with Crippen molar-refractivity contribution in [3.05, 3.63) is 134 Å². The van der Waals surface area contributed by atoms with E-state index in [0.29, 0.717) is 61.7 Å². The molecule has 3 aromatic carbocycles. The number of allylic oxidation sites excluding steroid dienone is 11. The molecule has 0 bridgehead atoms. The fourth-order valence-corrected chi connectivity index (χ4v) is 7.80. The Balaban J connectivity index is 1.37. The molecule has 4 aliphatic rings. The van der Waals surface area contributed by atoms with Crippen LogP contribution < -0.4 is 0 Å². The zero-order valence-corrected chi connectivity index (χ0v) is 27.2. The van der Waals surface area contributed by atoms with E-state index in [1.165, 1.54) is 6.92 Å². The van der Waals surface area contributed by atoms with Gasteiger partial charge in [-0.25, -0.2) is 8.78 Å². The molecule has 2 unspecified atom stereocenters. The minimum Gasteiger partial charge on any atom is -0.207 e. The first-order valence-electron chi connectivity index (χ1n) is 16.0. The lowest BCUT2D eigenvalue weighted by molar-refractivity contribution is -0.140. The summed E-state index contributed by atoms with van der Waals surface area (Å²) in [5.41, 5.74) is 2.22. The first kappa shape index (κ1) is 34.9. The van der Waals surface area contributed by atoms with E-state index in [0.717, 1.165) is 18.2 Å². The average molecular weight is 721 g/mol. The zero-order chi connectivity index (χ0) is 38.1. The number of fused-ring (bicyclic) bond motifs is 5. The summed E-state index contributed by atoms with van der Waals surface area (Å²) < 4.78 is 110. The quantitative estimate of drug-likeness (QED) is 0.152. The predicted molar refractivity (Wildman–Crippen MR) is 178 cm³/mol. The van der Waals surface area contributed by atoms with Gasteiger partial charge in [0, 0.05) is 17.1 Å². The Kier molecular flexibility index (Phi) is 8.12. The molecular formula is C41H20F8N4. The van der Waals surface area contributed by atoms with E-state index in [2.05, 4.69) is 0 Å². The van der Waals surface area contributed by atoms with Crippen LogP contribution in [-0.4, -0.2) is 6.18 Å². The van der Waals surface area contributed by atoms with Crippen LogP contribution >= 0.6 is 0 Å². The highest BCUT2D eigenvalue weighted by molar-refractivity contribution is 6.11. The van der Waals surface area contributed by atoms with Crippen molar-refractivity contribution in [1.82, 2.24) is 0 Å². The first-order chi connectivity index (χ1) is 25.1. The zero-order valence-electron chi connectivity index (χ0n) is 27.2. The van der Waals surface area contributed by atoms with Gasteiger partial charge in [-0.2, -0.15) is 47.4 Å². The van der Waals surface area contributed by atoms with Crippen molar-refractivity contribution in [1.29, 1.82) is 21.0 Å². The summed E-state index contributed by atoms with van der Waals surface area (Å²) in [6.07, 6.45) is -5.25. The van der Waals surface area contributed by atoms with Crippen LogP contribution in [0.5, 0.6) is 0 Å². The third kappa shape index (κ3) is 5.55. The lowest BCUT2D eigenvalue weighted by atomic mass is 9.77. The van der Waals surface area contributed by atoms with E-state index in [9.17, 15) is 56.2 Å². The van der Waals surface area contributed by atoms with Gasteiger partial charge in [-0.3, -0.25) is 0 Å². The van der Waals surface area contributed by atoms with Crippen molar-refractivity contribution in [2.24, 2.45) is 11.8 Å². The van der Waals surface area contributed by atoms with Crippen molar-refractivity contribution >= 4 is 16.7 Å². The van der Waals surface area contributed by atoms with Crippen LogP contribution in [0.1, 0.15) is 47.6 Å². The van der Waals surface area contributed by atoms with Crippen molar-refractivity contribution in [3.63, 3.8) is 0 Å². The molecular weight excluding hydrogens is 700 g/mol. The molecule has 7 rings (SSSR count). The molecule has 0 amide bonds. The maximum atomic E-state index is 14.9. The summed E-state index contributed by atoms with van der Waals surface area (Å²) in [6.45, 7) is 1.30. The molecule has 260 valence electrons. The molecule has 0 radical (unpaired) electrons. The van der Waals surface area contributed by atoms with Crippen molar-refractivity contribution in [2.75, 3.05) is 0 Å². The number of rotatable bonds is 2. The maximum Gasteiger partial charge on any atom is 0.419 e. The van der Waals surface area contributed by atoms with Gasteiger partial charge in [0.1, 0.15) is 47.1 Å². The highest BCUT2D eigenvalue weighted by Gasteiger charge is 2.43. The fraction of sp³-hybridized carbons (Fsp3) is 0.171. The van der Waals surface area contributed by atoms with E-state index in [4.69, 9.17) is 0 Å².